The van der Waals surface area contributed by atoms with Crippen LogP contribution < -0.4 is 4.90 Å². The van der Waals surface area contributed by atoms with Crippen LogP contribution in [0.1, 0.15) is 29.0 Å². The first-order valence-electron chi connectivity index (χ1n) is 9.01. The van der Waals surface area contributed by atoms with Crippen molar-refractivity contribution in [2.24, 2.45) is 5.92 Å². The molecule has 5 rings (SSSR count). The molecule has 0 saturated carbocycles. The maximum atomic E-state index is 2.68. The largest absolute Gasteiger partial charge is 0.371 e. The van der Waals surface area contributed by atoms with Crippen LogP contribution >= 0.6 is 0 Å². The quantitative estimate of drug-likeness (QED) is 0.835. The lowest BCUT2D eigenvalue weighted by atomic mass is 9.80. The van der Waals surface area contributed by atoms with Crippen molar-refractivity contribution in [2.75, 3.05) is 31.1 Å². The summed E-state index contributed by atoms with van der Waals surface area (Å²) in [6, 6.07) is 18.0. The minimum Gasteiger partial charge on any atom is -0.371 e. The molecule has 3 heterocycles. The van der Waals surface area contributed by atoms with E-state index in [2.05, 4.69) is 58.3 Å². The van der Waals surface area contributed by atoms with Crippen LogP contribution in [0.25, 0.3) is 0 Å². The van der Waals surface area contributed by atoms with Gasteiger partial charge in [0.2, 0.25) is 0 Å². The Morgan fingerprint density at radius 2 is 1.83 bits per heavy atom. The Hall–Kier alpha value is -1.80. The minimum absolute atomic E-state index is 0.739. The first kappa shape index (κ1) is 13.6. The summed E-state index contributed by atoms with van der Waals surface area (Å²) in [6.45, 7) is 6.10. The molecule has 2 atom stereocenters. The summed E-state index contributed by atoms with van der Waals surface area (Å²) in [4.78, 5) is 5.35. The van der Waals surface area contributed by atoms with Gasteiger partial charge in [-0.2, -0.15) is 0 Å². The molecular weight excluding hydrogens is 280 g/mol. The second-order valence-corrected chi connectivity index (χ2v) is 7.45. The van der Waals surface area contributed by atoms with Gasteiger partial charge in [0.15, 0.2) is 0 Å². The molecule has 0 N–H and O–H groups in total. The van der Waals surface area contributed by atoms with Crippen LogP contribution in [-0.2, 0) is 13.0 Å². The zero-order valence-corrected chi connectivity index (χ0v) is 13.6. The average Bonchev–Trinajstić information content (AvgIpc) is 2.99. The van der Waals surface area contributed by atoms with E-state index in [0.29, 0.717) is 0 Å². The van der Waals surface area contributed by atoms with Gasteiger partial charge in [-0.3, -0.25) is 4.90 Å². The molecule has 118 valence electrons. The van der Waals surface area contributed by atoms with E-state index in [-0.39, 0.29) is 0 Å². The van der Waals surface area contributed by atoms with E-state index in [4.69, 9.17) is 0 Å². The van der Waals surface area contributed by atoms with E-state index >= 15 is 0 Å². The number of rotatable bonds is 2. The third-order valence-electron chi connectivity index (χ3n) is 5.96. The highest BCUT2D eigenvalue weighted by atomic mass is 15.2. The number of anilines is 1. The van der Waals surface area contributed by atoms with Crippen molar-refractivity contribution >= 4 is 5.69 Å². The van der Waals surface area contributed by atoms with E-state index in [0.717, 1.165) is 18.4 Å². The smallest absolute Gasteiger partial charge is 0.0434 e. The summed E-state index contributed by atoms with van der Waals surface area (Å²) in [5.41, 5.74) is 6.27. The summed E-state index contributed by atoms with van der Waals surface area (Å²) in [5, 5.41) is 0. The molecule has 0 bridgehead atoms. The van der Waals surface area contributed by atoms with E-state index in [1.54, 1.807) is 16.8 Å². The standard InChI is InChI=1S/C21H24N2/c1-2-6-16(7-3-1)12-22-13-18-14-23-11-5-9-17-8-4-10-19(21(17)23)20(18)15-22/h1-4,6-8,10,18,20H,5,9,11-15H2/t18-,20+/m1/s1. The Morgan fingerprint density at radius 1 is 0.913 bits per heavy atom. The van der Waals surface area contributed by atoms with Crippen molar-refractivity contribution < 1.29 is 0 Å². The normalized spacial score (nSPS) is 26.0. The fourth-order valence-corrected chi connectivity index (χ4v) is 5.00. The molecule has 1 saturated heterocycles. The summed E-state index contributed by atoms with van der Waals surface area (Å²) in [6.07, 6.45) is 2.59. The maximum Gasteiger partial charge on any atom is 0.0434 e. The van der Waals surface area contributed by atoms with Gasteiger partial charge in [-0.05, 0) is 35.4 Å². The first-order valence-corrected chi connectivity index (χ1v) is 9.01. The second kappa shape index (κ2) is 5.38. The third kappa shape index (κ3) is 2.28. The SMILES string of the molecule is c1ccc(CN2C[C@@H]3CN4CCCc5cccc(c54)[C@H]3C2)cc1. The van der Waals surface area contributed by atoms with Gasteiger partial charge < -0.3 is 4.90 Å². The Morgan fingerprint density at radius 3 is 2.74 bits per heavy atom. The summed E-state index contributed by atoms with van der Waals surface area (Å²) < 4.78 is 0. The van der Waals surface area contributed by atoms with Gasteiger partial charge in [0.1, 0.15) is 0 Å². The zero-order chi connectivity index (χ0) is 15.2. The lowest BCUT2D eigenvalue weighted by Gasteiger charge is -2.41. The summed E-state index contributed by atoms with van der Waals surface area (Å²) in [5.74, 6) is 1.54. The zero-order valence-electron chi connectivity index (χ0n) is 13.6. The molecule has 0 aromatic heterocycles. The topological polar surface area (TPSA) is 6.48 Å². The van der Waals surface area contributed by atoms with Gasteiger partial charge in [-0.15, -0.1) is 0 Å². The fraction of sp³-hybridized carbons (Fsp3) is 0.429. The van der Waals surface area contributed by atoms with Crippen LogP contribution in [0.15, 0.2) is 48.5 Å². The Kier molecular flexibility index (Phi) is 3.19. The predicted octanol–water partition coefficient (Wildman–Crippen LogP) is 3.67. The van der Waals surface area contributed by atoms with E-state index in [1.165, 1.54) is 44.6 Å². The minimum atomic E-state index is 0.739. The molecule has 0 amide bonds. The maximum absolute atomic E-state index is 2.68. The molecule has 2 aromatic rings. The number of hydrogen-bond donors (Lipinski definition) is 0. The highest BCUT2D eigenvalue weighted by molar-refractivity contribution is 5.64. The van der Waals surface area contributed by atoms with Crippen molar-refractivity contribution in [3.8, 4) is 0 Å². The molecule has 0 radical (unpaired) electrons. The number of likely N-dealkylation sites (tertiary alicyclic amines) is 1. The number of benzene rings is 2. The Bertz CT molecular complexity index is 709. The van der Waals surface area contributed by atoms with Gasteiger partial charge in [0.25, 0.3) is 0 Å². The molecule has 3 aliphatic rings. The lowest BCUT2D eigenvalue weighted by Crippen LogP contribution is -2.40. The highest BCUT2D eigenvalue weighted by Gasteiger charge is 2.41. The number of hydrogen-bond acceptors (Lipinski definition) is 2. The number of fused-ring (bicyclic) bond motifs is 2. The Labute approximate surface area is 138 Å². The Balaban J connectivity index is 1.43. The van der Waals surface area contributed by atoms with Gasteiger partial charge in [-0.25, -0.2) is 0 Å². The van der Waals surface area contributed by atoms with Crippen molar-refractivity contribution in [2.45, 2.75) is 25.3 Å². The van der Waals surface area contributed by atoms with Crippen LogP contribution in [0.2, 0.25) is 0 Å². The monoisotopic (exact) mass is 304 g/mol. The molecule has 1 fully saturated rings. The van der Waals surface area contributed by atoms with Crippen LogP contribution in [0.5, 0.6) is 0 Å². The highest BCUT2D eigenvalue weighted by Crippen LogP contribution is 2.46. The van der Waals surface area contributed by atoms with Crippen molar-refractivity contribution in [1.29, 1.82) is 0 Å². The van der Waals surface area contributed by atoms with Gasteiger partial charge >= 0.3 is 0 Å². The van der Waals surface area contributed by atoms with Crippen LogP contribution in [0.3, 0.4) is 0 Å². The molecule has 2 nitrogen and oxygen atoms in total. The number of para-hydroxylation sites is 1. The number of nitrogens with zero attached hydrogens (tertiary/aromatic N) is 2. The average molecular weight is 304 g/mol. The molecule has 2 aromatic carbocycles. The summed E-state index contributed by atoms with van der Waals surface area (Å²) >= 11 is 0. The predicted molar refractivity (Wildman–Crippen MR) is 94.9 cm³/mol. The number of aryl methyl sites for hydroxylation is 1. The molecule has 2 heteroatoms. The van der Waals surface area contributed by atoms with Crippen LogP contribution in [0.4, 0.5) is 5.69 Å². The molecule has 23 heavy (non-hydrogen) atoms. The second-order valence-electron chi connectivity index (χ2n) is 7.45. The van der Waals surface area contributed by atoms with Crippen LogP contribution in [-0.4, -0.2) is 31.1 Å². The van der Waals surface area contributed by atoms with E-state index in [1.807, 2.05) is 0 Å². The molecular formula is C21H24N2. The molecule has 0 unspecified atom stereocenters. The van der Waals surface area contributed by atoms with Gasteiger partial charge in [0, 0.05) is 44.3 Å². The summed E-state index contributed by atoms with van der Waals surface area (Å²) in [7, 11) is 0. The van der Waals surface area contributed by atoms with Gasteiger partial charge in [0.05, 0.1) is 0 Å². The fourth-order valence-electron chi connectivity index (χ4n) is 5.00. The van der Waals surface area contributed by atoms with Crippen LogP contribution in [0, 0.1) is 5.92 Å². The van der Waals surface area contributed by atoms with E-state index < -0.39 is 0 Å². The third-order valence-corrected chi connectivity index (χ3v) is 5.96. The first-order chi connectivity index (χ1) is 11.4. The van der Waals surface area contributed by atoms with Crippen molar-refractivity contribution in [3.63, 3.8) is 0 Å². The van der Waals surface area contributed by atoms with Crippen molar-refractivity contribution in [1.82, 2.24) is 4.90 Å². The molecule has 0 aliphatic carbocycles. The lowest BCUT2D eigenvalue weighted by molar-refractivity contribution is 0.316. The molecule has 3 aliphatic heterocycles. The van der Waals surface area contributed by atoms with Gasteiger partial charge in [-0.1, -0.05) is 48.5 Å². The van der Waals surface area contributed by atoms with E-state index in [9.17, 15) is 0 Å². The van der Waals surface area contributed by atoms with Crippen molar-refractivity contribution in [3.05, 3.63) is 65.2 Å². The molecule has 0 spiro atoms.